The van der Waals surface area contributed by atoms with Crippen LogP contribution in [-0.4, -0.2) is 54.6 Å². The van der Waals surface area contributed by atoms with Gasteiger partial charge in [-0.15, -0.1) is 0 Å². The number of benzene rings is 1. The molecule has 0 aliphatic heterocycles. The highest BCUT2D eigenvalue weighted by Gasteiger charge is 2.13. The summed E-state index contributed by atoms with van der Waals surface area (Å²) in [4.78, 5) is 4.24. The van der Waals surface area contributed by atoms with E-state index in [1.807, 2.05) is 12.1 Å². The summed E-state index contributed by atoms with van der Waals surface area (Å²) in [6, 6.07) is 3.85. The highest BCUT2D eigenvalue weighted by Crippen LogP contribution is 2.38. The van der Waals surface area contributed by atoms with E-state index in [1.54, 1.807) is 35.5 Å². The number of guanidine groups is 1. The molecule has 0 aromatic heterocycles. The van der Waals surface area contributed by atoms with Crippen molar-refractivity contribution >= 4 is 5.96 Å². The summed E-state index contributed by atoms with van der Waals surface area (Å²) in [7, 11) is 8.30. The maximum Gasteiger partial charge on any atom is 0.203 e. The molecule has 7 heteroatoms. The molecule has 7 nitrogen and oxygen atoms in total. The van der Waals surface area contributed by atoms with Crippen LogP contribution in [0.2, 0.25) is 0 Å². The first-order valence-corrected chi connectivity index (χ1v) is 8.42. The Labute approximate surface area is 150 Å². The summed E-state index contributed by atoms with van der Waals surface area (Å²) < 4.78 is 21.1. The van der Waals surface area contributed by atoms with Crippen LogP contribution >= 0.6 is 0 Å². The third-order valence-electron chi connectivity index (χ3n) is 3.73. The monoisotopic (exact) mass is 353 g/mol. The van der Waals surface area contributed by atoms with E-state index in [0.29, 0.717) is 23.8 Å². The van der Waals surface area contributed by atoms with Crippen LogP contribution in [0.25, 0.3) is 0 Å². The average molecular weight is 353 g/mol. The first kappa shape index (κ1) is 20.9. The first-order chi connectivity index (χ1) is 12.2. The van der Waals surface area contributed by atoms with E-state index in [9.17, 15) is 0 Å². The SMILES string of the molecule is CN=C(NCCCCCOC)NCc1cc(OC)c(OC)c(OC)c1. The number of nitrogens with zero attached hydrogens (tertiary/aromatic N) is 1. The number of nitrogens with one attached hydrogen (secondary N) is 2. The van der Waals surface area contributed by atoms with Crippen molar-refractivity contribution in [3.63, 3.8) is 0 Å². The lowest BCUT2D eigenvalue weighted by atomic mass is 10.2. The molecule has 0 amide bonds. The summed E-state index contributed by atoms with van der Waals surface area (Å²) in [6.45, 7) is 2.28. The largest absolute Gasteiger partial charge is 0.493 e. The van der Waals surface area contributed by atoms with Gasteiger partial charge >= 0.3 is 0 Å². The van der Waals surface area contributed by atoms with Gasteiger partial charge in [0.1, 0.15) is 0 Å². The van der Waals surface area contributed by atoms with Gasteiger partial charge in [0.2, 0.25) is 5.75 Å². The fraction of sp³-hybridized carbons (Fsp3) is 0.611. The number of unbranched alkanes of at least 4 members (excludes halogenated alkanes) is 2. The third kappa shape index (κ3) is 7.09. The minimum absolute atomic E-state index is 0.590. The first-order valence-electron chi connectivity index (χ1n) is 8.42. The summed E-state index contributed by atoms with van der Waals surface area (Å²) in [6.07, 6.45) is 3.29. The van der Waals surface area contributed by atoms with Gasteiger partial charge in [-0.05, 0) is 37.0 Å². The Balaban J connectivity index is 2.55. The van der Waals surface area contributed by atoms with Crippen LogP contribution in [0.4, 0.5) is 0 Å². The molecule has 142 valence electrons. The Bertz CT molecular complexity index is 510. The van der Waals surface area contributed by atoms with Crippen LogP contribution in [-0.2, 0) is 11.3 Å². The second-order valence-corrected chi connectivity index (χ2v) is 5.44. The van der Waals surface area contributed by atoms with Gasteiger partial charge in [-0.1, -0.05) is 0 Å². The number of hydrogen-bond donors (Lipinski definition) is 2. The van der Waals surface area contributed by atoms with Crippen molar-refractivity contribution in [2.45, 2.75) is 25.8 Å². The molecule has 0 saturated heterocycles. The average Bonchev–Trinajstić information content (AvgIpc) is 2.65. The van der Waals surface area contributed by atoms with Gasteiger partial charge in [0.05, 0.1) is 21.3 Å². The van der Waals surface area contributed by atoms with E-state index in [-0.39, 0.29) is 0 Å². The predicted molar refractivity (Wildman–Crippen MR) is 100 cm³/mol. The van der Waals surface area contributed by atoms with Crippen molar-refractivity contribution in [1.82, 2.24) is 10.6 Å². The minimum Gasteiger partial charge on any atom is -0.493 e. The summed E-state index contributed by atoms with van der Waals surface area (Å²) in [5, 5.41) is 6.60. The van der Waals surface area contributed by atoms with Crippen molar-refractivity contribution < 1.29 is 18.9 Å². The Morgan fingerprint density at radius 1 is 0.920 bits per heavy atom. The number of hydrogen-bond acceptors (Lipinski definition) is 5. The van der Waals surface area contributed by atoms with E-state index in [1.165, 1.54) is 0 Å². The van der Waals surface area contributed by atoms with E-state index >= 15 is 0 Å². The molecule has 0 bridgehead atoms. The van der Waals surface area contributed by atoms with Crippen LogP contribution in [0, 0.1) is 0 Å². The van der Waals surface area contributed by atoms with Crippen molar-refractivity contribution in [2.24, 2.45) is 4.99 Å². The van der Waals surface area contributed by atoms with Gasteiger partial charge in [-0.25, -0.2) is 0 Å². The molecule has 0 unspecified atom stereocenters. The van der Waals surface area contributed by atoms with Crippen LogP contribution in [0.3, 0.4) is 0 Å². The number of rotatable bonds is 11. The van der Waals surface area contributed by atoms with Gasteiger partial charge in [0.15, 0.2) is 17.5 Å². The van der Waals surface area contributed by atoms with Crippen LogP contribution in [0.1, 0.15) is 24.8 Å². The molecule has 0 spiro atoms. The highest BCUT2D eigenvalue weighted by atomic mass is 16.5. The molecule has 0 aliphatic carbocycles. The topological polar surface area (TPSA) is 73.3 Å². The zero-order chi connectivity index (χ0) is 18.5. The quantitative estimate of drug-likeness (QED) is 0.361. The standard InChI is InChI=1S/C18H31N3O4/c1-19-18(20-9-7-6-8-10-22-2)21-13-14-11-15(23-3)17(25-5)16(12-14)24-4/h11-12H,6-10,13H2,1-5H3,(H2,19,20,21). The number of methoxy groups -OCH3 is 4. The predicted octanol–water partition coefficient (Wildman–Crippen LogP) is 2.19. The van der Waals surface area contributed by atoms with E-state index in [0.717, 1.165) is 43.9 Å². The number of aliphatic imine (C=N–C) groups is 1. The minimum atomic E-state index is 0.590. The maximum absolute atomic E-state index is 5.38. The van der Waals surface area contributed by atoms with Crippen LogP contribution in [0.15, 0.2) is 17.1 Å². The Morgan fingerprint density at radius 3 is 2.12 bits per heavy atom. The van der Waals surface area contributed by atoms with Gasteiger partial charge in [0, 0.05) is 33.9 Å². The lowest BCUT2D eigenvalue weighted by Crippen LogP contribution is -2.37. The molecule has 25 heavy (non-hydrogen) atoms. The van der Waals surface area contributed by atoms with Crippen molar-refractivity contribution in [3.05, 3.63) is 17.7 Å². The molecule has 1 aromatic rings. The normalized spacial score (nSPS) is 11.2. The zero-order valence-corrected chi connectivity index (χ0v) is 16.0. The Morgan fingerprint density at radius 2 is 1.60 bits per heavy atom. The molecule has 0 radical (unpaired) electrons. The Kier molecular flexibility index (Phi) is 10.2. The van der Waals surface area contributed by atoms with Gasteiger partial charge in [-0.3, -0.25) is 4.99 Å². The molecule has 0 aliphatic rings. The highest BCUT2D eigenvalue weighted by molar-refractivity contribution is 5.79. The second-order valence-electron chi connectivity index (χ2n) is 5.44. The molecule has 2 N–H and O–H groups in total. The van der Waals surface area contributed by atoms with Crippen molar-refractivity contribution in [1.29, 1.82) is 0 Å². The van der Waals surface area contributed by atoms with E-state index in [2.05, 4.69) is 15.6 Å². The van der Waals surface area contributed by atoms with Crippen LogP contribution in [0.5, 0.6) is 17.2 Å². The Hall–Kier alpha value is -2.15. The molecule has 0 atom stereocenters. The molecular weight excluding hydrogens is 322 g/mol. The van der Waals surface area contributed by atoms with E-state index in [4.69, 9.17) is 18.9 Å². The summed E-state index contributed by atoms with van der Waals surface area (Å²) >= 11 is 0. The molecule has 1 rings (SSSR count). The molecule has 0 fully saturated rings. The number of ether oxygens (including phenoxy) is 4. The van der Waals surface area contributed by atoms with Crippen molar-refractivity contribution in [3.8, 4) is 17.2 Å². The van der Waals surface area contributed by atoms with Crippen molar-refractivity contribution in [2.75, 3.05) is 48.6 Å². The fourth-order valence-corrected chi connectivity index (χ4v) is 2.40. The van der Waals surface area contributed by atoms with E-state index < -0.39 is 0 Å². The summed E-state index contributed by atoms with van der Waals surface area (Å²) in [5.41, 5.74) is 1.01. The molecule has 1 aromatic carbocycles. The van der Waals surface area contributed by atoms with Crippen LogP contribution < -0.4 is 24.8 Å². The third-order valence-corrected chi connectivity index (χ3v) is 3.73. The molecule has 0 saturated carbocycles. The lowest BCUT2D eigenvalue weighted by molar-refractivity contribution is 0.192. The summed E-state index contributed by atoms with van der Waals surface area (Å²) in [5.74, 6) is 2.63. The van der Waals surface area contributed by atoms with Gasteiger partial charge in [-0.2, -0.15) is 0 Å². The fourth-order valence-electron chi connectivity index (χ4n) is 2.40. The lowest BCUT2D eigenvalue weighted by Gasteiger charge is -2.16. The molecule has 0 heterocycles. The van der Waals surface area contributed by atoms with Gasteiger partial charge in [0.25, 0.3) is 0 Å². The van der Waals surface area contributed by atoms with Gasteiger partial charge < -0.3 is 29.6 Å². The second kappa shape index (κ2) is 12.2. The zero-order valence-electron chi connectivity index (χ0n) is 16.0. The maximum atomic E-state index is 5.38. The molecular formula is C18H31N3O4. The smallest absolute Gasteiger partial charge is 0.203 e.